The maximum atomic E-state index is 11.2. The Labute approximate surface area is 90.4 Å². The number of carbonyl (C=O) groups is 1. The number of carbonyl (C=O) groups excluding carboxylic acids is 1. The molecule has 0 aromatic heterocycles. The van der Waals surface area contributed by atoms with Crippen LogP contribution in [0.15, 0.2) is 24.3 Å². The SMILES string of the molecule is CCc1cccc(OC(C)C(=O)NC)c1. The van der Waals surface area contributed by atoms with Crippen LogP contribution in [0.3, 0.4) is 0 Å². The molecule has 3 heteroatoms. The predicted octanol–water partition coefficient (Wildman–Crippen LogP) is 1.76. The van der Waals surface area contributed by atoms with E-state index in [1.54, 1.807) is 14.0 Å². The molecular weight excluding hydrogens is 190 g/mol. The van der Waals surface area contributed by atoms with Gasteiger partial charge in [0.2, 0.25) is 0 Å². The van der Waals surface area contributed by atoms with E-state index in [1.807, 2.05) is 24.3 Å². The van der Waals surface area contributed by atoms with Crippen LogP contribution in [0.5, 0.6) is 5.75 Å². The molecule has 82 valence electrons. The number of likely N-dealkylation sites (N-methyl/N-ethyl adjacent to an activating group) is 1. The van der Waals surface area contributed by atoms with Crippen molar-refractivity contribution in [2.24, 2.45) is 0 Å². The lowest BCUT2D eigenvalue weighted by molar-refractivity contribution is -0.126. The first-order chi connectivity index (χ1) is 7.17. The first kappa shape index (κ1) is 11.6. The van der Waals surface area contributed by atoms with Gasteiger partial charge in [0.05, 0.1) is 0 Å². The average Bonchev–Trinajstić information content (AvgIpc) is 2.28. The molecule has 1 atom stereocenters. The Morgan fingerprint density at radius 3 is 2.87 bits per heavy atom. The lowest BCUT2D eigenvalue weighted by Crippen LogP contribution is -2.33. The highest BCUT2D eigenvalue weighted by Crippen LogP contribution is 2.15. The topological polar surface area (TPSA) is 38.3 Å². The molecule has 0 bridgehead atoms. The second-order valence-electron chi connectivity index (χ2n) is 3.38. The third-order valence-corrected chi connectivity index (χ3v) is 2.24. The molecule has 1 aromatic carbocycles. The van der Waals surface area contributed by atoms with Crippen molar-refractivity contribution in [1.82, 2.24) is 5.32 Å². The number of hydrogen-bond donors (Lipinski definition) is 1. The summed E-state index contributed by atoms with van der Waals surface area (Å²) in [7, 11) is 1.60. The fourth-order valence-electron chi connectivity index (χ4n) is 1.30. The normalized spacial score (nSPS) is 11.9. The summed E-state index contributed by atoms with van der Waals surface area (Å²) in [5, 5.41) is 2.55. The zero-order valence-corrected chi connectivity index (χ0v) is 9.41. The molecule has 1 aromatic rings. The van der Waals surface area contributed by atoms with Crippen molar-refractivity contribution >= 4 is 5.91 Å². The van der Waals surface area contributed by atoms with E-state index in [1.165, 1.54) is 5.56 Å². The predicted molar refractivity (Wildman–Crippen MR) is 60.0 cm³/mol. The summed E-state index contributed by atoms with van der Waals surface area (Å²) in [5.74, 6) is 0.627. The van der Waals surface area contributed by atoms with Crippen LogP contribution in [-0.2, 0) is 11.2 Å². The third kappa shape index (κ3) is 3.27. The van der Waals surface area contributed by atoms with Crippen LogP contribution < -0.4 is 10.1 Å². The number of hydrogen-bond acceptors (Lipinski definition) is 2. The van der Waals surface area contributed by atoms with Crippen LogP contribution in [-0.4, -0.2) is 19.1 Å². The van der Waals surface area contributed by atoms with Crippen molar-refractivity contribution in [3.8, 4) is 5.75 Å². The van der Waals surface area contributed by atoms with E-state index in [9.17, 15) is 4.79 Å². The van der Waals surface area contributed by atoms with Gasteiger partial charge >= 0.3 is 0 Å². The monoisotopic (exact) mass is 207 g/mol. The van der Waals surface area contributed by atoms with Gasteiger partial charge in [-0.1, -0.05) is 19.1 Å². The van der Waals surface area contributed by atoms with Crippen LogP contribution in [0.25, 0.3) is 0 Å². The summed E-state index contributed by atoms with van der Waals surface area (Å²) >= 11 is 0. The zero-order valence-electron chi connectivity index (χ0n) is 9.41. The van der Waals surface area contributed by atoms with E-state index < -0.39 is 6.10 Å². The number of benzene rings is 1. The van der Waals surface area contributed by atoms with E-state index in [0.717, 1.165) is 12.2 Å². The van der Waals surface area contributed by atoms with Gasteiger partial charge in [0.1, 0.15) is 5.75 Å². The summed E-state index contributed by atoms with van der Waals surface area (Å²) < 4.78 is 5.50. The van der Waals surface area contributed by atoms with Crippen molar-refractivity contribution in [2.75, 3.05) is 7.05 Å². The molecule has 0 heterocycles. The molecular formula is C12H17NO2. The Kier molecular flexibility index (Phi) is 4.16. The van der Waals surface area contributed by atoms with Gasteiger partial charge in [0.15, 0.2) is 6.10 Å². The number of rotatable bonds is 4. The highest BCUT2D eigenvalue weighted by atomic mass is 16.5. The Morgan fingerprint density at radius 1 is 1.53 bits per heavy atom. The maximum absolute atomic E-state index is 11.2. The maximum Gasteiger partial charge on any atom is 0.260 e. The third-order valence-electron chi connectivity index (χ3n) is 2.24. The minimum absolute atomic E-state index is 0.114. The summed E-state index contributed by atoms with van der Waals surface area (Å²) in [5.41, 5.74) is 1.21. The molecule has 1 rings (SSSR count). The van der Waals surface area contributed by atoms with Crippen molar-refractivity contribution in [3.05, 3.63) is 29.8 Å². The second-order valence-corrected chi connectivity index (χ2v) is 3.38. The minimum atomic E-state index is -0.456. The molecule has 1 amide bonds. The number of amides is 1. The highest BCUT2D eigenvalue weighted by Gasteiger charge is 2.12. The van der Waals surface area contributed by atoms with Crippen molar-refractivity contribution in [1.29, 1.82) is 0 Å². The zero-order chi connectivity index (χ0) is 11.3. The number of aryl methyl sites for hydroxylation is 1. The van der Waals surface area contributed by atoms with E-state index >= 15 is 0 Å². The fraction of sp³-hybridized carbons (Fsp3) is 0.417. The first-order valence-electron chi connectivity index (χ1n) is 5.14. The van der Waals surface area contributed by atoms with E-state index in [0.29, 0.717) is 0 Å². The number of ether oxygens (including phenoxy) is 1. The van der Waals surface area contributed by atoms with Gasteiger partial charge in [-0.05, 0) is 31.0 Å². The summed E-state index contributed by atoms with van der Waals surface area (Å²) in [4.78, 5) is 11.2. The molecule has 0 aliphatic carbocycles. The van der Waals surface area contributed by atoms with Crippen LogP contribution in [0.4, 0.5) is 0 Å². The van der Waals surface area contributed by atoms with E-state index in [-0.39, 0.29) is 5.91 Å². The Bertz CT molecular complexity index is 336. The van der Waals surface area contributed by atoms with Gasteiger partial charge in [0.25, 0.3) is 5.91 Å². The van der Waals surface area contributed by atoms with Gasteiger partial charge in [-0.3, -0.25) is 4.79 Å². The van der Waals surface area contributed by atoms with Crippen LogP contribution >= 0.6 is 0 Å². The largest absolute Gasteiger partial charge is 0.481 e. The first-order valence-corrected chi connectivity index (χ1v) is 5.14. The minimum Gasteiger partial charge on any atom is -0.481 e. The van der Waals surface area contributed by atoms with Gasteiger partial charge in [-0.25, -0.2) is 0 Å². The average molecular weight is 207 g/mol. The molecule has 0 aliphatic heterocycles. The smallest absolute Gasteiger partial charge is 0.260 e. The van der Waals surface area contributed by atoms with Gasteiger partial charge < -0.3 is 10.1 Å². The van der Waals surface area contributed by atoms with Gasteiger partial charge in [0, 0.05) is 7.05 Å². The molecule has 0 radical (unpaired) electrons. The molecule has 0 saturated carbocycles. The van der Waals surface area contributed by atoms with Crippen LogP contribution in [0, 0.1) is 0 Å². The van der Waals surface area contributed by atoms with Crippen molar-refractivity contribution in [2.45, 2.75) is 26.4 Å². The molecule has 3 nitrogen and oxygen atoms in total. The van der Waals surface area contributed by atoms with Crippen LogP contribution in [0.1, 0.15) is 19.4 Å². The fourth-order valence-corrected chi connectivity index (χ4v) is 1.30. The number of nitrogens with one attached hydrogen (secondary N) is 1. The molecule has 0 spiro atoms. The lowest BCUT2D eigenvalue weighted by Gasteiger charge is -2.13. The highest BCUT2D eigenvalue weighted by molar-refractivity contribution is 5.80. The van der Waals surface area contributed by atoms with E-state index in [2.05, 4.69) is 12.2 Å². The van der Waals surface area contributed by atoms with Gasteiger partial charge in [-0.2, -0.15) is 0 Å². The summed E-state index contributed by atoms with van der Waals surface area (Å²) in [6, 6.07) is 7.79. The Hall–Kier alpha value is -1.51. The van der Waals surface area contributed by atoms with Gasteiger partial charge in [-0.15, -0.1) is 0 Å². The van der Waals surface area contributed by atoms with Crippen LogP contribution in [0.2, 0.25) is 0 Å². The molecule has 15 heavy (non-hydrogen) atoms. The standard InChI is InChI=1S/C12H17NO2/c1-4-10-6-5-7-11(8-10)15-9(2)12(14)13-3/h5-9H,4H2,1-3H3,(H,13,14). The molecule has 0 aliphatic rings. The van der Waals surface area contributed by atoms with Crippen molar-refractivity contribution < 1.29 is 9.53 Å². The Balaban J connectivity index is 2.67. The Morgan fingerprint density at radius 2 is 2.27 bits per heavy atom. The molecule has 1 unspecified atom stereocenters. The lowest BCUT2D eigenvalue weighted by atomic mass is 10.2. The second kappa shape index (κ2) is 5.39. The van der Waals surface area contributed by atoms with E-state index in [4.69, 9.17) is 4.74 Å². The quantitative estimate of drug-likeness (QED) is 0.817. The van der Waals surface area contributed by atoms with Crippen molar-refractivity contribution in [3.63, 3.8) is 0 Å². The molecule has 0 saturated heterocycles. The summed E-state index contributed by atoms with van der Waals surface area (Å²) in [6.07, 6.45) is 0.507. The molecule has 0 fully saturated rings. The summed E-state index contributed by atoms with van der Waals surface area (Å²) in [6.45, 7) is 3.82. The molecule has 1 N–H and O–H groups in total.